The summed E-state index contributed by atoms with van der Waals surface area (Å²) in [4.78, 5) is 50.5. The highest BCUT2D eigenvalue weighted by molar-refractivity contribution is 9.10. The van der Waals surface area contributed by atoms with E-state index in [0.717, 1.165) is 23.2 Å². The smallest absolute Gasteiger partial charge is 0.305 e. The minimum atomic E-state index is -1.54. The lowest BCUT2D eigenvalue weighted by Crippen LogP contribution is -2.52. The van der Waals surface area contributed by atoms with Crippen LogP contribution >= 0.6 is 15.9 Å². The summed E-state index contributed by atoms with van der Waals surface area (Å²) in [6, 6.07) is 6.76. The number of hydrogen-bond donors (Lipinski definition) is 0. The van der Waals surface area contributed by atoms with Crippen LogP contribution in [-0.2, 0) is 33.4 Å². The molecule has 4 atom stereocenters. The molecule has 4 rings (SSSR count). The Bertz CT molecular complexity index is 895. The van der Waals surface area contributed by atoms with E-state index >= 15 is 0 Å². The third-order valence-electron chi connectivity index (χ3n) is 5.08. The Balaban J connectivity index is 1.74. The molecule has 3 aliphatic heterocycles. The number of imide groups is 1. The van der Waals surface area contributed by atoms with E-state index in [1.165, 1.54) is 0 Å². The van der Waals surface area contributed by atoms with Crippen molar-refractivity contribution in [1.82, 2.24) is 0 Å². The molecule has 0 spiro atoms. The van der Waals surface area contributed by atoms with Gasteiger partial charge in [-0.15, -0.1) is 0 Å². The van der Waals surface area contributed by atoms with Gasteiger partial charge in [-0.05, 0) is 30.3 Å². The number of nitrogens with zero attached hydrogens (tertiary/aromatic N) is 1. The lowest BCUT2D eigenvalue weighted by atomic mass is 9.76. The van der Waals surface area contributed by atoms with Crippen LogP contribution in [-0.4, -0.2) is 41.7 Å². The quantitative estimate of drug-likeness (QED) is 0.298. The van der Waals surface area contributed by atoms with Gasteiger partial charge in [0.05, 0.1) is 23.6 Å². The molecular formula is C19H16BrNO7. The van der Waals surface area contributed by atoms with Crippen molar-refractivity contribution in [1.29, 1.82) is 0 Å². The number of fused-ring (bicyclic) bond motifs is 5. The van der Waals surface area contributed by atoms with Crippen molar-refractivity contribution in [2.45, 2.75) is 31.8 Å². The number of anilines is 1. The van der Waals surface area contributed by atoms with Crippen molar-refractivity contribution >= 4 is 45.4 Å². The summed E-state index contributed by atoms with van der Waals surface area (Å²) < 4.78 is 17.0. The minimum Gasteiger partial charge on any atom is -0.422 e. The fourth-order valence-electron chi connectivity index (χ4n) is 4.06. The Morgan fingerprint density at radius 3 is 2.29 bits per heavy atom. The third kappa shape index (κ3) is 2.68. The number of halogens is 1. The first-order chi connectivity index (χ1) is 13.2. The second-order valence-electron chi connectivity index (χ2n) is 6.84. The first-order valence-electron chi connectivity index (χ1n) is 8.59. The van der Waals surface area contributed by atoms with Gasteiger partial charge in [0.15, 0.2) is 5.60 Å². The zero-order valence-corrected chi connectivity index (χ0v) is 16.5. The molecule has 0 N–H and O–H groups in total. The molecule has 3 heterocycles. The molecule has 0 radical (unpaired) electrons. The number of hydrogen-bond acceptors (Lipinski definition) is 7. The van der Waals surface area contributed by atoms with Crippen LogP contribution in [0.3, 0.4) is 0 Å². The molecule has 2 fully saturated rings. The molecule has 0 saturated carbocycles. The van der Waals surface area contributed by atoms with E-state index in [4.69, 9.17) is 14.2 Å². The Morgan fingerprint density at radius 2 is 1.71 bits per heavy atom. The van der Waals surface area contributed by atoms with Gasteiger partial charge in [-0.25, -0.2) is 4.90 Å². The maximum Gasteiger partial charge on any atom is 0.305 e. The van der Waals surface area contributed by atoms with Crippen molar-refractivity contribution in [3.8, 4) is 0 Å². The Labute approximate surface area is 168 Å². The average molecular weight is 450 g/mol. The number of amides is 2. The monoisotopic (exact) mass is 449 g/mol. The Kier molecular flexibility index (Phi) is 4.39. The molecule has 1 aromatic carbocycles. The predicted octanol–water partition coefficient (Wildman–Crippen LogP) is 1.71. The zero-order chi connectivity index (χ0) is 20.2. The minimum absolute atomic E-state index is 0.405. The number of esters is 2. The lowest BCUT2D eigenvalue weighted by Gasteiger charge is -2.34. The van der Waals surface area contributed by atoms with Crippen molar-refractivity contribution in [2.75, 3.05) is 4.90 Å². The maximum atomic E-state index is 13.3. The molecule has 9 heteroatoms. The van der Waals surface area contributed by atoms with Gasteiger partial charge < -0.3 is 14.2 Å². The molecule has 146 valence electrons. The highest BCUT2D eigenvalue weighted by Crippen LogP contribution is 2.54. The Hall–Kier alpha value is -2.52. The van der Waals surface area contributed by atoms with E-state index < -0.39 is 53.6 Å². The summed E-state index contributed by atoms with van der Waals surface area (Å²) >= 11 is 3.32. The van der Waals surface area contributed by atoms with E-state index in [-0.39, 0.29) is 0 Å². The second-order valence-corrected chi connectivity index (χ2v) is 7.75. The van der Waals surface area contributed by atoms with E-state index in [1.54, 1.807) is 36.4 Å². The zero-order valence-electron chi connectivity index (χ0n) is 15.0. The normalized spacial score (nSPS) is 30.1. The fourth-order valence-corrected chi connectivity index (χ4v) is 4.33. The van der Waals surface area contributed by atoms with Crippen molar-refractivity contribution in [2.24, 2.45) is 11.8 Å². The van der Waals surface area contributed by atoms with Crippen LogP contribution in [0.1, 0.15) is 13.8 Å². The number of ether oxygens (including phenoxy) is 3. The molecule has 0 aromatic heterocycles. The first kappa shape index (κ1) is 18.8. The van der Waals surface area contributed by atoms with E-state index in [9.17, 15) is 19.2 Å². The second kappa shape index (κ2) is 6.52. The molecular weight excluding hydrogens is 434 g/mol. The first-order valence-corrected chi connectivity index (χ1v) is 9.39. The van der Waals surface area contributed by atoms with Crippen molar-refractivity contribution in [3.05, 3.63) is 40.9 Å². The van der Waals surface area contributed by atoms with Crippen molar-refractivity contribution < 1.29 is 33.4 Å². The van der Waals surface area contributed by atoms with Gasteiger partial charge in [-0.2, -0.15) is 0 Å². The van der Waals surface area contributed by atoms with E-state index in [2.05, 4.69) is 15.9 Å². The van der Waals surface area contributed by atoms with Gasteiger partial charge in [0.1, 0.15) is 0 Å². The summed E-state index contributed by atoms with van der Waals surface area (Å²) in [6.07, 6.45) is 1.04. The summed E-state index contributed by atoms with van der Waals surface area (Å²) in [6.45, 7) is 2.32. The fraction of sp³-hybridized carbons (Fsp3) is 0.368. The average Bonchev–Trinajstić information content (AvgIpc) is 3.26. The molecule has 1 aromatic rings. The van der Waals surface area contributed by atoms with Gasteiger partial charge in [0.2, 0.25) is 11.8 Å². The Morgan fingerprint density at radius 1 is 1.11 bits per heavy atom. The van der Waals surface area contributed by atoms with E-state index in [0.29, 0.717) is 5.69 Å². The molecule has 28 heavy (non-hydrogen) atoms. The van der Waals surface area contributed by atoms with Crippen molar-refractivity contribution in [3.63, 3.8) is 0 Å². The van der Waals surface area contributed by atoms with Gasteiger partial charge in [0.25, 0.3) is 6.29 Å². The van der Waals surface area contributed by atoms with Crippen LogP contribution in [0.5, 0.6) is 0 Å². The summed E-state index contributed by atoms with van der Waals surface area (Å²) in [5, 5.41) is 0. The largest absolute Gasteiger partial charge is 0.422 e. The molecule has 2 bridgehead atoms. The van der Waals surface area contributed by atoms with Crippen LogP contribution < -0.4 is 4.90 Å². The highest BCUT2D eigenvalue weighted by Gasteiger charge is 2.72. The SMILES string of the molecule is CC(=O)OC(OC(C)=O)[C@@]12C=C[C@H](O1)[C@@H]1C(=O)N(c3ccc(Br)cc3)C(=O)[C@@H]12. The summed E-state index contributed by atoms with van der Waals surface area (Å²) in [5.41, 5.74) is -1.11. The number of carbonyl (C=O) groups is 4. The van der Waals surface area contributed by atoms with Gasteiger partial charge in [-0.3, -0.25) is 19.2 Å². The van der Waals surface area contributed by atoms with Gasteiger partial charge in [-0.1, -0.05) is 22.0 Å². The number of rotatable bonds is 4. The molecule has 8 nitrogen and oxygen atoms in total. The maximum absolute atomic E-state index is 13.3. The standard InChI is InChI=1S/C19H16BrNO7/c1-9(22)26-18(27-10(2)23)19-8-7-13(28-19)14-15(19)17(25)21(16(14)24)12-5-3-11(20)4-6-12/h3-8,13-15,18H,1-2H3/t13-,14-,15+,19-/m0/s1. The lowest BCUT2D eigenvalue weighted by molar-refractivity contribution is -0.226. The van der Waals surface area contributed by atoms with Gasteiger partial charge in [0, 0.05) is 18.3 Å². The molecule has 0 unspecified atom stereocenters. The predicted molar refractivity (Wildman–Crippen MR) is 97.7 cm³/mol. The molecule has 0 aliphatic carbocycles. The highest BCUT2D eigenvalue weighted by atomic mass is 79.9. The number of benzene rings is 1. The van der Waals surface area contributed by atoms with Crippen LogP contribution in [0.4, 0.5) is 5.69 Å². The van der Waals surface area contributed by atoms with Crippen LogP contribution in [0.15, 0.2) is 40.9 Å². The molecule has 2 amide bonds. The third-order valence-corrected chi connectivity index (χ3v) is 5.61. The summed E-state index contributed by atoms with van der Waals surface area (Å²) in [5.74, 6) is -4.05. The topological polar surface area (TPSA) is 99.2 Å². The van der Waals surface area contributed by atoms with Crippen LogP contribution in [0, 0.1) is 11.8 Å². The van der Waals surface area contributed by atoms with Crippen LogP contribution in [0.25, 0.3) is 0 Å². The van der Waals surface area contributed by atoms with Crippen LogP contribution in [0.2, 0.25) is 0 Å². The van der Waals surface area contributed by atoms with E-state index in [1.807, 2.05) is 0 Å². The van der Waals surface area contributed by atoms with Gasteiger partial charge >= 0.3 is 11.9 Å². The number of carbonyl (C=O) groups excluding carboxylic acids is 4. The molecule has 2 saturated heterocycles. The molecule has 3 aliphatic rings. The summed E-state index contributed by atoms with van der Waals surface area (Å²) in [7, 11) is 0.